The first kappa shape index (κ1) is 13.3. The van der Waals surface area contributed by atoms with Gasteiger partial charge in [-0.3, -0.25) is 0 Å². The maximum absolute atomic E-state index is 5.85. The number of nitrogens with zero attached hydrogens (tertiary/aromatic N) is 1. The number of ether oxygens (including phenoxy) is 1. The van der Waals surface area contributed by atoms with Crippen molar-refractivity contribution >= 4 is 0 Å². The van der Waals surface area contributed by atoms with E-state index in [9.17, 15) is 0 Å². The summed E-state index contributed by atoms with van der Waals surface area (Å²) in [4.78, 5) is 4.35. The van der Waals surface area contributed by atoms with Crippen LogP contribution in [0.15, 0.2) is 18.3 Å². The quantitative estimate of drug-likeness (QED) is 0.767. The molecule has 18 heavy (non-hydrogen) atoms. The molecule has 2 rings (SSSR count). The Kier molecular flexibility index (Phi) is 5.00. The number of rotatable bonds is 8. The first-order chi connectivity index (χ1) is 8.79. The van der Waals surface area contributed by atoms with Crippen molar-refractivity contribution in [2.75, 3.05) is 6.61 Å². The molecule has 0 amide bonds. The highest BCUT2D eigenvalue weighted by molar-refractivity contribution is 5.25. The number of nitrogens with one attached hydrogen (secondary N) is 1. The summed E-state index contributed by atoms with van der Waals surface area (Å²) >= 11 is 0. The van der Waals surface area contributed by atoms with Gasteiger partial charge in [0.25, 0.3) is 0 Å². The third kappa shape index (κ3) is 4.30. The van der Waals surface area contributed by atoms with Crippen LogP contribution in [0.3, 0.4) is 0 Å². The van der Waals surface area contributed by atoms with Gasteiger partial charge < -0.3 is 10.1 Å². The highest BCUT2D eigenvalue weighted by Gasteiger charge is 2.20. The molecule has 3 heteroatoms. The Labute approximate surface area is 110 Å². The molecular weight excluding hydrogens is 224 g/mol. The molecule has 1 aromatic heterocycles. The van der Waals surface area contributed by atoms with Gasteiger partial charge >= 0.3 is 0 Å². The lowest BCUT2D eigenvalue weighted by molar-refractivity contribution is 0.240. The van der Waals surface area contributed by atoms with Crippen LogP contribution in [0, 0.1) is 5.92 Å². The number of hydrogen-bond donors (Lipinski definition) is 1. The van der Waals surface area contributed by atoms with Crippen LogP contribution in [0.5, 0.6) is 5.88 Å². The molecule has 1 unspecified atom stereocenters. The van der Waals surface area contributed by atoms with E-state index in [0.717, 1.165) is 25.1 Å². The average Bonchev–Trinajstić information content (AvgIpc) is 3.19. The molecule has 3 nitrogen and oxygen atoms in total. The highest BCUT2D eigenvalue weighted by atomic mass is 16.5. The van der Waals surface area contributed by atoms with E-state index in [4.69, 9.17) is 4.74 Å². The number of pyridine rings is 1. The summed E-state index contributed by atoms with van der Waals surface area (Å²) in [6.45, 7) is 6.08. The van der Waals surface area contributed by atoms with E-state index in [1.54, 1.807) is 6.20 Å². The number of aromatic nitrogens is 1. The predicted molar refractivity (Wildman–Crippen MR) is 73.7 cm³/mol. The second-order valence-electron chi connectivity index (χ2n) is 5.33. The van der Waals surface area contributed by atoms with Crippen LogP contribution in [0.25, 0.3) is 0 Å². The van der Waals surface area contributed by atoms with Gasteiger partial charge in [-0.2, -0.15) is 0 Å². The van der Waals surface area contributed by atoms with Gasteiger partial charge in [-0.25, -0.2) is 4.98 Å². The van der Waals surface area contributed by atoms with E-state index in [-0.39, 0.29) is 0 Å². The van der Waals surface area contributed by atoms with Gasteiger partial charge in [-0.1, -0.05) is 26.3 Å². The molecule has 1 aromatic rings. The van der Waals surface area contributed by atoms with Gasteiger partial charge in [0.2, 0.25) is 5.88 Å². The van der Waals surface area contributed by atoms with Crippen LogP contribution in [0.2, 0.25) is 0 Å². The molecule has 1 N–H and O–H groups in total. The van der Waals surface area contributed by atoms with E-state index in [1.165, 1.54) is 31.2 Å². The Morgan fingerprint density at radius 3 is 3.06 bits per heavy atom. The van der Waals surface area contributed by atoms with Crippen LogP contribution < -0.4 is 10.1 Å². The fraction of sp³-hybridized carbons (Fsp3) is 0.667. The van der Waals surface area contributed by atoms with Crippen molar-refractivity contribution in [2.24, 2.45) is 5.92 Å². The number of hydrogen-bond acceptors (Lipinski definition) is 3. The zero-order chi connectivity index (χ0) is 12.8. The lowest BCUT2D eigenvalue weighted by Gasteiger charge is -2.14. The SMILES string of the molecule is CCCC(C)COc1ncccc1CNC1CC1. The third-order valence-electron chi connectivity index (χ3n) is 3.29. The summed E-state index contributed by atoms with van der Waals surface area (Å²) in [6.07, 6.45) is 6.85. The molecule has 1 fully saturated rings. The van der Waals surface area contributed by atoms with Crippen molar-refractivity contribution in [3.8, 4) is 5.88 Å². The summed E-state index contributed by atoms with van der Waals surface area (Å²) in [5.41, 5.74) is 1.17. The Morgan fingerprint density at radius 2 is 2.33 bits per heavy atom. The summed E-state index contributed by atoms with van der Waals surface area (Å²) in [6, 6.07) is 4.80. The molecule has 1 heterocycles. The van der Waals surface area contributed by atoms with Gasteiger partial charge in [0, 0.05) is 24.3 Å². The van der Waals surface area contributed by atoms with Gasteiger partial charge in [-0.05, 0) is 31.2 Å². The molecule has 0 spiro atoms. The minimum absolute atomic E-state index is 0.598. The molecule has 1 saturated carbocycles. The molecule has 1 aliphatic rings. The van der Waals surface area contributed by atoms with E-state index < -0.39 is 0 Å². The first-order valence-corrected chi connectivity index (χ1v) is 7.09. The fourth-order valence-corrected chi connectivity index (χ4v) is 2.03. The van der Waals surface area contributed by atoms with Gasteiger partial charge in [0.15, 0.2) is 0 Å². The molecule has 100 valence electrons. The highest BCUT2D eigenvalue weighted by Crippen LogP contribution is 2.21. The van der Waals surface area contributed by atoms with E-state index in [1.807, 2.05) is 6.07 Å². The van der Waals surface area contributed by atoms with Gasteiger partial charge in [0.1, 0.15) is 0 Å². The van der Waals surface area contributed by atoms with Crippen LogP contribution in [0.4, 0.5) is 0 Å². The standard InChI is InChI=1S/C15H24N2O/c1-3-5-12(2)11-18-15-13(6-4-9-16-15)10-17-14-7-8-14/h4,6,9,12,14,17H,3,5,7-8,10-11H2,1-2H3. The Hall–Kier alpha value is -1.09. The van der Waals surface area contributed by atoms with Crippen molar-refractivity contribution in [2.45, 2.75) is 52.1 Å². The third-order valence-corrected chi connectivity index (χ3v) is 3.29. The lowest BCUT2D eigenvalue weighted by atomic mass is 10.1. The molecule has 0 bridgehead atoms. The Bertz CT molecular complexity index is 363. The minimum Gasteiger partial charge on any atom is -0.477 e. The van der Waals surface area contributed by atoms with Crippen molar-refractivity contribution in [3.05, 3.63) is 23.9 Å². The summed E-state index contributed by atoms with van der Waals surface area (Å²) < 4.78 is 5.85. The van der Waals surface area contributed by atoms with Crippen molar-refractivity contribution in [1.29, 1.82) is 0 Å². The smallest absolute Gasteiger partial charge is 0.217 e. The first-order valence-electron chi connectivity index (χ1n) is 7.09. The second kappa shape index (κ2) is 6.74. The topological polar surface area (TPSA) is 34.1 Å². The molecule has 0 aliphatic heterocycles. The summed E-state index contributed by atoms with van der Waals surface area (Å²) in [5.74, 6) is 1.40. The molecular formula is C15H24N2O. The summed E-state index contributed by atoms with van der Waals surface area (Å²) in [7, 11) is 0. The zero-order valence-corrected chi connectivity index (χ0v) is 11.5. The van der Waals surface area contributed by atoms with Crippen LogP contribution in [-0.2, 0) is 6.54 Å². The Morgan fingerprint density at radius 1 is 1.50 bits per heavy atom. The molecule has 1 atom stereocenters. The molecule has 1 aliphatic carbocycles. The van der Waals surface area contributed by atoms with Crippen LogP contribution >= 0.6 is 0 Å². The molecule has 0 radical (unpaired) electrons. The zero-order valence-electron chi connectivity index (χ0n) is 11.5. The maximum atomic E-state index is 5.85. The predicted octanol–water partition coefficient (Wildman–Crippen LogP) is 3.15. The van der Waals surface area contributed by atoms with Crippen LogP contribution in [0.1, 0.15) is 45.1 Å². The minimum atomic E-state index is 0.598. The molecule has 0 saturated heterocycles. The van der Waals surface area contributed by atoms with E-state index in [2.05, 4.69) is 30.2 Å². The van der Waals surface area contributed by atoms with E-state index >= 15 is 0 Å². The monoisotopic (exact) mass is 248 g/mol. The van der Waals surface area contributed by atoms with Crippen molar-refractivity contribution in [3.63, 3.8) is 0 Å². The normalized spacial score (nSPS) is 16.6. The van der Waals surface area contributed by atoms with Crippen LogP contribution in [-0.4, -0.2) is 17.6 Å². The Balaban J connectivity index is 1.85. The van der Waals surface area contributed by atoms with Crippen molar-refractivity contribution < 1.29 is 4.74 Å². The van der Waals surface area contributed by atoms with Crippen molar-refractivity contribution in [1.82, 2.24) is 10.3 Å². The second-order valence-corrected chi connectivity index (χ2v) is 5.33. The van der Waals surface area contributed by atoms with Gasteiger partial charge in [0.05, 0.1) is 6.61 Å². The summed E-state index contributed by atoms with van der Waals surface area (Å²) in [5, 5.41) is 3.51. The van der Waals surface area contributed by atoms with Gasteiger partial charge in [-0.15, -0.1) is 0 Å². The largest absolute Gasteiger partial charge is 0.477 e. The lowest BCUT2D eigenvalue weighted by Crippen LogP contribution is -2.17. The maximum Gasteiger partial charge on any atom is 0.217 e. The fourth-order valence-electron chi connectivity index (χ4n) is 2.03. The van der Waals surface area contributed by atoms with E-state index in [0.29, 0.717) is 5.92 Å². The average molecular weight is 248 g/mol. The molecule has 0 aromatic carbocycles.